The smallest absolute Gasteiger partial charge is 0.257 e. The fourth-order valence-electron chi connectivity index (χ4n) is 3.04. The van der Waals surface area contributed by atoms with Gasteiger partial charge in [0.05, 0.1) is 5.75 Å². The number of aromatic nitrogens is 2. The molecule has 2 aromatic carbocycles. The number of fused-ring (bicyclic) bond motifs is 1. The molecule has 160 valence electrons. The van der Waals surface area contributed by atoms with Crippen molar-refractivity contribution in [1.82, 2.24) is 10.2 Å². The molecule has 0 saturated carbocycles. The molecule has 0 unspecified atom stereocenters. The van der Waals surface area contributed by atoms with Gasteiger partial charge in [0, 0.05) is 17.3 Å². The third-order valence-corrected chi connectivity index (χ3v) is 6.24. The van der Waals surface area contributed by atoms with Crippen molar-refractivity contribution >= 4 is 45.7 Å². The maximum atomic E-state index is 12.4. The number of rotatable bonds is 6. The first-order valence-corrected chi connectivity index (χ1v) is 11.3. The summed E-state index contributed by atoms with van der Waals surface area (Å²) in [5.74, 6) is 1.02. The lowest BCUT2D eigenvalue weighted by molar-refractivity contribution is -0.113. The molecule has 0 aliphatic carbocycles. The molecule has 0 saturated heterocycles. The minimum atomic E-state index is -0.240. The van der Waals surface area contributed by atoms with E-state index in [0.29, 0.717) is 45.4 Å². The Hall–Kier alpha value is -3.11. The van der Waals surface area contributed by atoms with Crippen LogP contribution >= 0.6 is 23.1 Å². The average molecular weight is 457 g/mol. The standard InChI is InChI=1S/C21H20N4O4S2/c1-12-7-13(2)9-14(8-12)19(27)23-20-24-25-21(31-20)30-11-18(26)22-15-3-4-16-17(10-15)29-6-5-28-16/h3-4,7-10H,5-6,11H2,1-2H3,(H,22,26)(H,23,24,27). The monoisotopic (exact) mass is 456 g/mol. The summed E-state index contributed by atoms with van der Waals surface area (Å²) in [5.41, 5.74) is 3.24. The maximum Gasteiger partial charge on any atom is 0.257 e. The second kappa shape index (κ2) is 9.36. The van der Waals surface area contributed by atoms with E-state index in [-0.39, 0.29) is 17.6 Å². The molecule has 0 fully saturated rings. The minimum absolute atomic E-state index is 0.161. The van der Waals surface area contributed by atoms with Crippen molar-refractivity contribution in [1.29, 1.82) is 0 Å². The highest BCUT2D eigenvalue weighted by Crippen LogP contribution is 2.33. The largest absolute Gasteiger partial charge is 0.486 e. The van der Waals surface area contributed by atoms with Gasteiger partial charge < -0.3 is 14.8 Å². The normalized spacial score (nSPS) is 12.3. The summed E-state index contributed by atoms with van der Waals surface area (Å²) >= 11 is 2.47. The second-order valence-corrected chi connectivity index (χ2v) is 9.10. The van der Waals surface area contributed by atoms with Crippen LogP contribution in [-0.4, -0.2) is 41.0 Å². The van der Waals surface area contributed by atoms with E-state index in [1.54, 1.807) is 18.2 Å². The summed E-state index contributed by atoms with van der Waals surface area (Å²) in [6.45, 7) is 4.89. The predicted octanol–water partition coefficient (Wildman–Crippen LogP) is 3.91. The van der Waals surface area contributed by atoms with Gasteiger partial charge in [0.25, 0.3) is 5.91 Å². The third-order valence-electron chi connectivity index (χ3n) is 4.26. The summed E-state index contributed by atoms with van der Waals surface area (Å²) in [5, 5.41) is 14.0. The molecule has 0 atom stereocenters. The van der Waals surface area contributed by atoms with Crippen molar-refractivity contribution in [3.05, 3.63) is 53.1 Å². The van der Waals surface area contributed by atoms with Crippen LogP contribution in [0.1, 0.15) is 21.5 Å². The molecule has 0 bridgehead atoms. The van der Waals surface area contributed by atoms with E-state index in [1.807, 2.05) is 32.0 Å². The van der Waals surface area contributed by atoms with Gasteiger partial charge in [0.15, 0.2) is 15.8 Å². The van der Waals surface area contributed by atoms with Crippen molar-refractivity contribution in [3.8, 4) is 11.5 Å². The molecule has 31 heavy (non-hydrogen) atoms. The third kappa shape index (κ3) is 5.53. The van der Waals surface area contributed by atoms with Crippen LogP contribution in [0.5, 0.6) is 11.5 Å². The van der Waals surface area contributed by atoms with Crippen LogP contribution in [0.25, 0.3) is 0 Å². The Kier molecular flexibility index (Phi) is 6.38. The number of hydrogen-bond donors (Lipinski definition) is 2. The van der Waals surface area contributed by atoms with Gasteiger partial charge in [-0.2, -0.15) is 0 Å². The van der Waals surface area contributed by atoms with Crippen molar-refractivity contribution < 1.29 is 19.1 Å². The average Bonchev–Trinajstić information content (AvgIpc) is 3.19. The van der Waals surface area contributed by atoms with E-state index >= 15 is 0 Å². The zero-order valence-corrected chi connectivity index (χ0v) is 18.6. The fourth-order valence-corrected chi connectivity index (χ4v) is 4.59. The Morgan fingerprint density at radius 1 is 1.00 bits per heavy atom. The van der Waals surface area contributed by atoms with E-state index in [4.69, 9.17) is 9.47 Å². The molecule has 2 amide bonds. The molecule has 4 rings (SSSR count). The number of amides is 2. The Labute approximate surface area is 187 Å². The van der Waals surface area contributed by atoms with Crippen molar-refractivity contribution in [2.75, 3.05) is 29.6 Å². The highest BCUT2D eigenvalue weighted by molar-refractivity contribution is 8.01. The lowest BCUT2D eigenvalue weighted by Crippen LogP contribution is -2.17. The van der Waals surface area contributed by atoms with Gasteiger partial charge in [-0.15, -0.1) is 10.2 Å². The maximum absolute atomic E-state index is 12.4. The van der Waals surface area contributed by atoms with E-state index in [9.17, 15) is 9.59 Å². The van der Waals surface area contributed by atoms with Crippen LogP contribution in [0.3, 0.4) is 0 Å². The Morgan fingerprint density at radius 3 is 2.52 bits per heavy atom. The van der Waals surface area contributed by atoms with Crippen LogP contribution in [0.15, 0.2) is 40.7 Å². The van der Waals surface area contributed by atoms with Crippen LogP contribution < -0.4 is 20.1 Å². The van der Waals surface area contributed by atoms with Gasteiger partial charge in [-0.25, -0.2) is 0 Å². The molecule has 10 heteroatoms. The van der Waals surface area contributed by atoms with Crippen molar-refractivity contribution in [2.45, 2.75) is 18.2 Å². The number of thioether (sulfide) groups is 1. The number of ether oxygens (including phenoxy) is 2. The van der Waals surface area contributed by atoms with E-state index < -0.39 is 0 Å². The highest BCUT2D eigenvalue weighted by Gasteiger charge is 2.15. The summed E-state index contributed by atoms with van der Waals surface area (Å²) in [6.07, 6.45) is 0. The lowest BCUT2D eigenvalue weighted by Gasteiger charge is -2.18. The molecule has 1 aliphatic rings. The fraction of sp³-hybridized carbons (Fsp3) is 0.238. The summed E-state index contributed by atoms with van der Waals surface area (Å²) in [7, 11) is 0. The molecule has 0 spiro atoms. The van der Waals surface area contributed by atoms with Crippen LogP contribution in [0.4, 0.5) is 10.8 Å². The van der Waals surface area contributed by atoms with E-state index in [1.165, 1.54) is 23.1 Å². The number of benzene rings is 2. The molecule has 0 radical (unpaired) electrons. The predicted molar refractivity (Wildman–Crippen MR) is 121 cm³/mol. The molecule has 2 heterocycles. The Bertz CT molecular complexity index is 1110. The van der Waals surface area contributed by atoms with Gasteiger partial charge >= 0.3 is 0 Å². The Morgan fingerprint density at radius 2 is 1.74 bits per heavy atom. The van der Waals surface area contributed by atoms with E-state index in [0.717, 1.165) is 11.1 Å². The molecule has 2 N–H and O–H groups in total. The highest BCUT2D eigenvalue weighted by atomic mass is 32.2. The topological polar surface area (TPSA) is 102 Å². The van der Waals surface area contributed by atoms with Crippen molar-refractivity contribution in [2.24, 2.45) is 0 Å². The van der Waals surface area contributed by atoms with Crippen LogP contribution in [-0.2, 0) is 4.79 Å². The minimum Gasteiger partial charge on any atom is -0.486 e. The molecular weight excluding hydrogens is 436 g/mol. The van der Waals surface area contributed by atoms with Gasteiger partial charge in [-0.05, 0) is 38.1 Å². The van der Waals surface area contributed by atoms with Gasteiger partial charge in [-0.1, -0.05) is 40.3 Å². The second-order valence-electron chi connectivity index (χ2n) is 6.90. The zero-order chi connectivity index (χ0) is 21.8. The summed E-state index contributed by atoms with van der Waals surface area (Å²) in [6, 6.07) is 10.9. The molecule has 1 aromatic heterocycles. The number of anilines is 2. The Balaban J connectivity index is 1.30. The number of nitrogens with zero attached hydrogens (tertiary/aromatic N) is 2. The van der Waals surface area contributed by atoms with Crippen LogP contribution in [0, 0.1) is 13.8 Å². The van der Waals surface area contributed by atoms with Gasteiger partial charge in [0.2, 0.25) is 11.0 Å². The number of carbonyl (C=O) groups excluding carboxylic acids is 2. The van der Waals surface area contributed by atoms with Gasteiger partial charge in [-0.3, -0.25) is 14.9 Å². The number of nitrogens with one attached hydrogen (secondary N) is 2. The summed E-state index contributed by atoms with van der Waals surface area (Å²) in [4.78, 5) is 24.7. The molecular formula is C21H20N4O4S2. The quantitative estimate of drug-likeness (QED) is 0.428. The number of hydrogen-bond acceptors (Lipinski definition) is 8. The van der Waals surface area contributed by atoms with Crippen LogP contribution in [0.2, 0.25) is 0 Å². The first kappa shape index (κ1) is 21.1. The lowest BCUT2D eigenvalue weighted by atomic mass is 10.1. The van der Waals surface area contributed by atoms with Crippen molar-refractivity contribution in [3.63, 3.8) is 0 Å². The van der Waals surface area contributed by atoms with E-state index in [2.05, 4.69) is 20.8 Å². The summed E-state index contributed by atoms with van der Waals surface area (Å²) < 4.78 is 11.6. The zero-order valence-electron chi connectivity index (χ0n) is 16.9. The number of carbonyl (C=O) groups is 2. The molecule has 1 aliphatic heterocycles. The van der Waals surface area contributed by atoms with Gasteiger partial charge in [0.1, 0.15) is 13.2 Å². The molecule has 3 aromatic rings. The number of aryl methyl sites for hydroxylation is 2. The first-order chi connectivity index (χ1) is 15.0. The molecule has 8 nitrogen and oxygen atoms in total. The first-order valence-electron chi connectivity index (χ1n) is 9.52. The SMILES string of the molecule is Cc1cc(C)cc(C(=O)Nc2nnc(SCC(=O)Nc3ccc4c(c3)OCCO4)s2)c1.